The second-order valence-corrected chi connectivity index (χ2v) is 3.70. The zero-order valence-corrected chi connectivity index (χ0v) is 9.41. The third-order valence-corrected chi connectivity index (χ3v) is 2.42. The maximum absolute atomic E-state index is 11.8. The highest BCUT2D eigenvalue weighted by Gasteiger charge is 2.32. The predicted octanol–water partition coefficient (Wildman–Crippen LogP) is -1.31. The van der Waals surface area contributed by atoms with Crippen LogP contribution in [0.1, 0.15) is 0 Å². The lowest BCUT2D eigenvalue weighted by molar-refractivity contribution is -0.125. The molecule has 1 saturated heterocycles. The summed E-state index contributed by atoms with van der Waals surface area (Å²) in [6.07, 6.45) is 0. The van der Waals surface area contributed by atoms with E-state index in [1.54, 1.807) is 26.0 Å². The molecule has 0 aromatic carbocycles. The SMILES string of the molecule is CNC(=O)C1CNCCN1C(=O)N(C)C. The first kappa shape index (κ1) is 11.8. The fourth-order valence-electron chi connectivity index (χ4n) is 1.59. The molecule has 6 heteroatoms. The van der Waals surface area contributed by atoms with Crippen LogP contribution in [0.15, 0.2) is 0 Å². The Kier molecular flexibility index (Phi) is 3.90. The van der Waals surface area contributed by atoms with Crippen LogP contribution in [-0.2, 0) is 4.79 Å². The highest BCUT2D eigenvalue weighted by atomic mass is 16.2. The Morgan fingerprint density at radius 3 is 2.67 bits per heavy atom. The second-order valence-electron chi connectivity index (χ2n) is 3.70. The van der Waals surface area contributed by atoms with Crippen LogP contribution < -0.4 is 10.6 Å². The van der Waals surface area contributed by atoms with Gasteiger partial charge < -0.3 is 20.4 Å². The maximum Gasteiger partial charge on any atom is 0.320 e. The number of carbonyl (C=O) groups is 2. The van der Waals surface area contributed by atoms with E-state index < -0.39 is 6.04 Å². The molecule has 86 valence electrons. The van der Waals surface area contributed by atoms with E-state index >= 15 is 0 Å². The fourth-order valence-corrected chi connectivity index (χ4v) is 1.59. The number of carbonyl (C=O) groups excluding carboxylic acids is 2. The van der Waals surface area contributed by atoms with Gasteiger partial charge in [0, 0.05) is 40.8 Å². The first-order valence-electron chi connectivity index (χ1n) is 4.98. The van der Waals surface area contributed by atoms with Crippen molar-refractivity contribution in [2.75, 3.05) is 40.8 Å². The summed E-state index contributed by atoms with van der Waals surface area (Å²) in [7, 11) is 4.95. The molecule has 0 saturated carbocycles. The lowest BCUT2D eigenvalue weighted by Gasteiger charge is -2.36. The van der Waals surface area contributed by atoms with E-state index in [0.29, 0.717) is 13.1 Å². The smallest absolute Gasteiger partial charge is 0.320 e. The predicted molar refractivity (Wildman–Crippen MR) is 56.5 cm³/mol. The Balaban J connectivity index is 2.73. The molecule has 1 heterocycles. The molecule has 0 radical (unpaired) electrons. The minimum Gasteiger partial charge on any atom is -0.357 e. The Labute approximate surface area is 89.6 Å². The average molecular weight is 214 g/mol. The number of nitrogens with one attached hydrogen (secondary N) is 2. The van der Waals surface area contributed by atoms with Crippen molar-refractivity contribution in [1.29, 1.82) is 0 Å². The molecule has 0 bridgehead atoms. The number of likely N-dealkylation sites (N-methyl/N-ethyl adjacent to an activating group) is 1. The quantitative estimate of drug-likeness (QED) is 0.569. The van der Waals surface area contributed by atoms with Gasteiger partial charge in [0.15, 0.2) is 0 Å². The van der Waals surface area contributed by atoms with Crippen LogP contribution >= 0.6 is 0 Å². The molecule has 1 aliphatic heterocycles. The topological polar surface area (TPSA) is 64.7 Å². The van der Waals surface area contributed by atoms with Gasteiger partial charge in [0.05, 0.1) is 0 Å². The molecule has 2 N–H and O–H groups in total. The number of hydrogen-bond acceptors (Lipinski definition) is 3. The molecular weight excluding hydrogens is 196 g/mol. The van der Waals surface area contributed by atoms with Gasteiger partial charge in [-0.15, -0.1) is 0 Å². The largest absolute Gasteiger partial charge is 0.357 e. The molecule has 0 aliphatic carbocycles. The molecule has 0 aromatic rings. The molecule has 1 unspecified atom stereocenters. The van der Waals surface area contributed by atoms with Gasteiger partial charge in [0.2, 0.25) is 5.91 Å². The summed E-state index contributed by atoms with van der Waals surface area (Å²) in [5.74, 6) is -0.127. The van der Waals surface area contributed by atoms with Crippen molar-refractivity contribution in [1.82, 2.24) is 20.4 Å². The molecule has 3 amide bonds. The summed E-state index contributed by atoms with van der Waals surface area (Å²) in [6.45, 7) is 1.81. The first-order valence-corrected chi connectivity index (χ1v) is 4.98. The van der Waals surface area contributed by atoms with Crippen molar-refractivity contribution in [3.63, 3.8) is 0 Å². The van der Waals surface area contributed by atoms with Gasteiger partial charge in [-0.05, 0) is 0 Å². The summed E-state index contributed by atoms with van der Waals surface area (Å²) in [5, 5.41) is 5.67. The second kappa shape index (κ2) is 4.97. The number of urea groups is 1. The molecule has 1 fully saturated rings. The van der Waals surface area contributed by atoms with Crippen LogP contribution in [-0.4, -0.2) is 68.6 Å². The van der Waals surface area contributed by atoms with E-state index in [1.165, 1.54) is 4.90 Å². The molecule has 6 nitrogen and oxygen atoms in total. The molecular formula is C9H18N4O2. The minimum atomic E-state index is -0.404. The molecule has 1 rings (SSSR count). The lowest BCUT2D eigenvalue weighted by atomic mass is 10.2. The highest BCUT2D eigenvalue weighted by molar-refractivity contribution is 5.87. The monoisotopic (exact) mass is 214 g/mol. The summed E-state index contributed by atoms with van der Waals surface area (Å²) in [4.78, 5) is 26.4. The van der Waals surface area contributed by atoms with E-state index in [4.69, 9.17) is 0 Å². The highest BCUT2D eigenvalue weighted by Crippen LogP contribution is 2.06. The van der Waals surface area contributed by atoms with Gasteiger partial charge in [0.25, 0.3) is 0 Å². The van der Waals surface area contributed by atoms with Crippen molar-refractivity contribution in [3.8, 4) is 0 Å². The molecule has 1 aliphatic rings. The minimum absolute atomic E-state index is 0.120. The molecule has 0 spiro atoms. The van der Waals surface area contributed by atoms with Crippen LogP contribution in [0.25, 0.3) is 0 Å². The Hall–Kier alpha value is -1.30. The van der Waals surface area contributed by atoms with Gasteiger partial charge in [-0.25, -0.2) is 4.79 Å². The third-order valence-electron chi connectivity index (χ3n) is 2.42. The van der Waals surface area contributed by atoms with Crippen LogP contribution in [0.4, 0.5) is 4.79 Å². The Morgan fingerprint density at radius 1 is 1.47 bits per heavy atom. The van der Waals surface area contributed by atoms with Crippen molar-refractivity contribution in [3.05, 3.63) is 0 Å². The van der Waals surface area contributed by atoms with Crippen molar-refractivity contribution in [2.45, 2.75) is 6.04 Å². The van der Waals surface area contributed by atoms with Gasteiger partial charge in [-0.1, -0.05) is 0 Å². The van der Waals surface area contributed by atoms with Crippen LogP contribution in [0, 0.1) is 0 Å². The standard InChI is InChI=1S/C9H18N4O2/c1-10-8(14)7-6-11-4-5-13(7)9(15)12(2)3/h7,11H,4-6H2,1-3H3,(H,10,14). The van der Waals surface area contributed by atoms with Gasteiger partial charge in [-0.2, -0.15) is 0 Å². The van der Waals surface area contributed by atoms with E-state index in [1.807, 2.05) is 0 Å². The van der Waals surface area contributed by atoms with Gasteiger partial charge in [0.1, 0.15) is 6.04 Å². The average Bonchev–Trinajstić information content (AvgIpc) is 2.27. The van der Waals surface area contributed by atoms with Crippen molar-refractivity contribution < 1.29 is 9.59 Å². The fraction of sp³-hybridized carbons (Fsp3) is 0.778. The van der Waals surface area contributed by atoms with Crippen molar-refractivity contribution >= 4 is 11.9 Å². The zero-order chi connectivity index (χ0) is 11.4. The van der Waals surface area contributed by atoms with E-state index in [0.717, 1.165) is 6.54 Å². The van der Waals surface area contributed by atoms with E-state index in [2.05, 4.69) is 10.6 Å². The lowest BCUT2D eigenvalue weighted by Crippen LogP contribution is -2.60. The van der Waals surface area contributed by atoms with E-state index in [-0.39, 0.29) is 11.9 Å². The van der Waals surface area contributed by atoms with Gasteiger partial charge >= 0.3 is 6.03 Å². The first-order chi connectivity index (χ1) is 7.07. The number of piperazine rings is 1. The summed E-state index contributed by atoms with van der Waals surface area (Å²) in [5.41, 5.74) is 0. The maximum atomic E-state index is 11.8. The third kappa shape index (κ3) is 2.59. The summed E-state index contributed by atoms with van der Waals surface area (Å²) >= 11 is 0. The normalized spacial score (nSPS) is 21.0. The number of hydrogen-bond donors (Lipinski definition) is 2. The summed E-state index contributed by atoms with van der Waals surface area (Å²) in [6, 6.07) is -0.524. The molecule has 0 aromatic heterocycles. The van der Waals surface area contributed by atoms with E-state index in [9.17, 15) is 9.59 Å². The number of rotatable bonds is 1. The van der Waals surface area contributed by atoms with Crippen LogP contribution in [0.3, 0.4) is 0 Å². The zero-order valence-electron chi connectivity index (χ0n) is 9.41. The number of amides is 3. The molecule has 1 atom stereocenters. The summed E-state index contributed by atoms with van der Waals surface area (Å²) < 4.78 is 0. The Bertz CT molecular complexity index is 254. The van der Waals surface area contributed by atoms with Crippen LogP contribution in [0.5, 0.6) is 0 Å². The van der Waals surface area contributed by atoms with Crippen LogP contribution in [0.2, 0.25) is 0 Å². The Morgan fingerprint density at radius 2 is 2.13 bits per heavy atom. The van der Waals surface area contributed by atoms with Crippen molar-refractivity contribution in [2.24, 2.45) is 0 Å². The molecule has 15 heavy (non-hydrogen) atoms. The van der Waals surface area contributed by atoms with Gasteiger partial charge in [-0.3, -0.25) is 4.79 Å². The number of nitrogens with zero attached hydrogens (tertiary/aromatic N) is 2.